The first kappa shape index (κ1) is 27.3. The van der Waals surface area contributed by atoms with Crippen LogP contribution in [0.2, 0.25) is 0 Å². The zero-order valence-corrected chi connectivity index (χ0v) is 22.1. The van der Waals surface area contributed by atoms with Crippen molar-refractivity contribution in [2.24, 2.45) is 17.8 Å². The maximum Gasteiger partial charge on any atom is 0.122 e. The van der Waals surface area contributed by atoms with Crippen LogP contribution in [0.5, 0.6) is 0 Å². The van der Waals surface area contributed by atoms with Crippen molar-refractivity contribution >= 4 is 0 Å². The molecule has 0 bridgehead atoms. The molecule has 3 unspecified atom stereocenters. The fraction of sp³-hybridized carbons (Fsp3) is 0.862. The van der Waals surface area contributed by atoms with Crippen LogP contribution in [0.4, 0.5) is 0 Å². The van der Waals surface area contributed by atoms with Gasteiger partial charge in [0, 0.05) is 0 Å². The monoisotopic (exact) mass is 418 g/mol. The lowest BCUT2D eigenvalue weighted by molar-refractivity contribution is -0.0127. The maximum atomic E-state index is 6.67. The summed E-state index contributed by atoms with van der Waals surface area (Å²) in [6, 6.07) is 0. The average molecular weight is 419 g/mol. The number of hydrogen-bond acceptors (Lipinski definition) is 1. The largest absolute Gasteiger partial charge is 0.487 e. The van der Waals surface area contributed by atoms with Gasteiger partial charge >= 0.3 is 0 Å². The molecule has 176 valence electrons. The van der Waals surface area contributed by atoms with Crippen LogP contribution in [-0.4, -0.2) is 5.60 Å². The first-order chi connectivity index (χ1) is 14.1. The van der Waals surface area contributed by atoms with Gasteiger partial charge in [0.25, 0.3) is 0 Å². The van der Waals surface area contributed by atoms with E-state index in [2.05, 4.69) is 62.3 Å². The molecule has 0 radical (unpaired) electrons. The molecule has 0 aromatic heterocycles. The predicted molar refractivity (Wildman–Crippen MR) is 135 cm³/mol. The van der Waals surface area contributed by atoms with E-state index in [1.807, 2.05) is 0 Å². The molecule has 1 nitrogen and oxygen atoms in total. The molecule has 1 fully saturated rings. The second-order valence-electron chi connectivity index (χ2n) is 11.4. The Labute approximate surface area is 190 Å². The fourth-order valence-electron chi connectivity index (χ4n) is 4.82. The summed E-state index contributed by atoms with van der Waals surface area (Å²) >= 11 is 0. The van der Waals surface area contributed by atoms with E-state index in [-0.39, 0.29) is 5.60 Å². The van der Waals surface area contributed by atoms with Crippen molar-refractivity contribution in [3.05, 3.63) is 22.5 Å². The SMILES string of the molecule is CC/C(C)=C1/OC(C)(CCCC(C)CCCC(C)CCCC(C)C)CCC1=C(C)C. The van der Waals surface area contributed by atoms with Gasteiger partial charge in [-0.05, 0) is 88.7 Å². The summed E-state index contributed by atoms with van der Waals surface area (Å²) in [7, 11) is 0. The van der Waals surface area contributed by atoms with Crippen molar-refractivity contribution in [3.63, 3.8) is 0 Å². The van der Waals surface area contributed by atoms with Crippen LogP contribution >= 0.6 is 0 Å². The third-order valence-corrected chi connectivity index (χ3v) is 7.32. The zero-order valence-electron chi connectivity index (χ0n) is 22.1. The maximum absolute atomic E-state index is 6.67. The van der Waals surface area contributed by atoms with Crippen LogP contribution in [-0.2, 0) is 4.74 Å². The first-order valence-corrected chi connectivity index (χ1v) is 13.1. The van der Waals surface area contributed by atoms with Gasteiger partial charge in [0.05, 0.1) is 0 Å². The van der Waals surface area contributed by atoms with E-state index in [1.54, 1.807) is 0 Å². The smallest absolute Gasteiger partial charge is 0.122 e. The molecule has 1 heterocycles. The van der Waals surface area contributed by atoms with Crippen molar-refractivity contribution in [1.82, 2.24) is 0 Å². The van der Waals surface area contributed by atoms with E-state index in [0.717, 1.165) is 30.6 Å². The van der Waals surface area contributed by atoms with Crippen LogP contribution in [0.25, 0.3) is 0 Å². The van der Waals surface area contributed by atoms with Gasteiger partial charge < -0.3 is 4.74 Å². The first-order valence-electron chi connectivity index (χ1n) is 13.1. The molecule has 30 heavy (non-hydrogen) atoms. The second kappa shape index (κ2) is 13.6. The van der Waals surface area contributed by atoms with Crippen LogP contribution in [0, 0.1) is 17.8 Å². The van der Waals surface area contributed by atoms with Crippen molar-refractivity contribution in [2.45, 2.75) is 145 Å². The molecule has 0 N–H and O–H groups in total. The minimum atomic E-state index is 0.0232. The minimum absolute atomic E-state index is 0.0232. The van der Waals surface area contributed by atoms with Gasteiger partial charge in [-0.25, -0.2) is 0 Å². The van der Waals surface area contributed by atoms with Crippen molar-refractivity contribution < 1.29 is 4.74 Å². The Balaban J connectivity index is 2.36. The standard InChI is InChI=1S/C29H54O/c1-10-26(8)28-27(23(4)5)19-21-29(9,30-28)20-13-18-25(7)17-12-16-24(6)15-11-14-22(2)3/h22,24-25H,10-21H2,1-9H3/b28-26+. The minimum Gasteiger partial charge on any atom is -0.487 e. The topological polar surface area (TPSA) is 9.23 Å². The third kappa shape index (κ3) is 10.1. The van der Waals surface area contributed by atoms with Crippen LogP contribution in [0.15, 0.2) is 22.5 Å². The molecule has 3 atom stereocenters. The molecule has 1 rings (SSSR count). The molecule has 0 amide bonds. The predicted octanol–water partition coefficient (Wildman–Crippen LogP) is 10.0. The molecule has 0 saturated carbocycles. The van der Waals surface area contributed by atoms with E-state index in [0.29, 0.717) is 0 Å². The molecule has 0 aromatic carbocycles. The Kier molecular flexibility index (Phi) is 12.4. The average Bonchev–Trinajstić information content (AvgIpc) is 2.66. The summed E-state index contributed by atoms with van der Waals surface area (Å²) in [5.74, 6) is 3.83. The molecular weight excluding hydrogens is 364 g/mol. The lowest BCUT2D eigenvalue weighted by Crippen LogP contribution is -2.33. The van der Waals surface area contributed by atoms with Gasteiger partial charge in [-0.3, -0.25) is 0 Å². The summed E-state index contributed by atoms with van der Waals surface area (Å²) in [4.78, 5) is 0. The molecule has 1 aliphatic heterocycles. The van der Waals surface area contributed by atoms with Crippen LogP contribution in [0.3, 0.4) is 0 Å². The molecule has 1 saturated heterocycles. The summed E-state index contributed by atoms with van der Waals surface area (Å²) in [6.45, 7) is 20.9. The lowest BCUT2D eigenvalue weighted by Gasteiger charge is -2.39. The molecule has 1 heteroatoms. The van der Waals surface area contributed by atoms with E-state index in [1.165, 1.54) is 86.7 Å². The van der Waals surface area contributed by atoms with Crippen LogP contribution < -0.4 is 0 Å². The zero-order chi connectivity index (χ0) is 22.7. The van der Waals surface area contributed by atoms with E-state index in [4.69, 9.17) is 4.74 Å². The molecular formula is C29H54O. The number of hydrogen-bond donors (Lipinski definition) is 0. The van der Waals surface area contributed by atoms with E-state index >= 15 is 0 Å². The fourth-order valence-corrected chi connectivity index (χ4v) is 4.82. The molecule has 0 aliphatic carbocycles. The van der Waals surface area contributed by atoms with Crippen molar-refractivity contribution in [2.75, 3.05) is 0 Å². The normalized spacial score (nSPS) is 23.3. The Bertz CT molecular complexity index is 549. The van der Waals surface area contributed by atoms with Gasteiger partial charge in [0.2, 0.25) is 0 Å². The van der Waals surface area contributed by atoms with E-state index < -0.39 is 0 Å². The second-order valence-corrected chi connectivity index (χ2v) is 11.4. The molecule has 0 aromatic rings. The van der Waals surface area contributed by atoms with Gasteiger partial charge in [0.1, 0.15) is 11.4 Å². The highest BCUT2D eigenvalue weighted by atomic mass is 16.5. The van der Waals surface area contributed by atoms with Crippen LogP contribution in [0.1, 0.15) is 139 Å². The molecule has 1 aliphatic rings. The lowest BCUT2D eigenvalue weighted by atomic mass is 9.84. The number of ether oxygens (including phenoxy) is 1. The Hall–Kier alpha value is -0.720. The summed E-state index contributed by atoms with van der Waals surface area (Å²) in [6.07, 6.45) is 15.7. The third-order valence-electron chi connectivity index (χ3n) is 7.32. The molecule has 0 spiro atoms. The summed E-state index contributed by atoms with van der Waals surface area (Å²) < 4.78 is 6.67. The highest BCUT2D eigenvalue weighted by Crippen LogP contribution is 2.41. The van der Waals surface area contributed by atoms with Crippen molar-refractivity contribution in [3.8, 4) is 0 Å². The highest BCUT2D eigenvalue weighted by Gasteiger charge is 2.33. The van der Waals surface area contributed by atoms with Gasteiger partial charge in [-0.15, -0.1) is 0 Å². The Morgan fingerprint density at radius 1 is 0.867 bits per heavy atom. The van der Waals surface area contributed by atoms with Crippen molar-refractivity contribution in [1.29, 1.82) is 0 Å². The Morgan fingerprint density at radius 2 is 1.40 bits per heavy atom. The number of rotatable bonds is 13. The number of allylic oxidation sites excluding steroid dienone is 3. The summed E-state index contributed by atoms with van der Waals surface area (Å²) in [5.41, 5.74) is 4.32. The Morgan fingerprint density at radius 3 is 1.90 bits per heavy atom. The van der Waals surface area contributed by atoms with Gasteiger partial charge in [-0.1, -0.05) is 85.1 Å². The quantitative estimate of drug-likeness (QED) is 0.289. The highest BCUT2D eigenvalue weighted by molar-refractivity contribution is 5.35. The summed E-state index contributed by atoms with van der Waals surface area (Å²) in [5, 5.41) is 0. The van der Waals surface area contributed by atoms with E-state index in [9.17, 15) is 0 Å². The van der Waals surface area contributed by atoms with Gasteiger partial charge in [0.15, 0.2) is 0 Å². The van der Waals surface area contributed by atoms with Gasteiger partial charge in [-0.2, -0.15) is 0 Å².